The van der Waals surface area contributed by atoms with Crippen molar-refractivity contribution in [3.05, 3.63) is 71.3 Å². The van der Waals surface area contributed by atoms with Crippen molar-refractivity contribution in [3.63, 3.8) is 0 Å². The van der Waals surface area contributed by atoms with Crippen LogP contribution in [0.15, 0.2) is 54.6 Å². The molecule has 2 aromatic rings. The van der Waals surface area contributed by atoms with Crippen molar-refractivity contribution in [1.82, 2.24) is 4.90 Å². The van der Waals surface area contributed by atoms with E-state index in [2.05, 4.69) is 4.74 Å². The van der Waals surface area contributed by atoms with Gasteiger partial charge >= 0.3 is 12.1 Å². The first-order valence-corrected chi connectivity index (χ1v) is 8.80. The zero-order valence-corrected chi connectivity index (χ0v) is 15.1. The molecule has 1 aliphatic heterocycles. The van der Waals surface area contributed by atoms with E-state index in [0.29, 0.717) is 24.1 Å². The lowest BCUT2D eigenvalue weighted by Gasteiger charge is -2.23. The molecule has 6 nitrogen and oxygen atoms in total. The first-order valence-electron chi connectivity index (χ1n) is 8.80. The van der Waals surface area contributed by atoms with Gasteiger partial charge in [0.2, 0.25) is 0 Å². The zero-order valence-electron chi connectivity index (χ0n) is 15.1. The zero-order chi connectivity index (χ0) is 19.2. The third-order valence-electron chi connectivity index (χ3n) is 4.59. The van der Waals surface area contributed by atoms with Crippen LogP contribution < -0.4 is 0 Å². The number of benzene rings is 2. The summed E-state index contributed by atoms with van der Waals surface area (Å²) in [5.74, 6) is -0.610. The molecule has 1 heterocycles. The van der Waals surface area contributed by atoms with Crippen molar-refractivity contribution in [2.24, 2.45) is 0 Å². The Balaban J connectivity index is 1.65. The maximum absolute atomic E-state index is 12.8. The Hall–Kier alpha value is -3.15. The average molecular weight is 367 g/mol. The van der Waals surface area contributed by atoms with E-state index in [0.717, 1.165) is 12.0 Å². The van der Waals surface area contributed by atoms with E-state index >= 15 is 0 Å². The van der Waals surface area contributed by atoms with Crippen molar-refractivity contribution in [1.29, 1.82) is 0 Å². The number of ether oxygens (including phenoxy) is 2. The van der Waals surface area contributed by atoms with Crippen LogP contribution in [-0.2, 0) is 16.1 Å². The minimum Gasteiger partial charge on any atom is -0.465 e. The molecule has 0 aromatic heterocycles. The van der Waals surface area contributed by atoms with Gasteiger partial charge < -0.3 is 9.47 Å². The summed E-state index contributed by atoms with van der Waals surface area (Å²) in [7, 11) is 1.30. The van der Waals surface area contributed by atoms with Crippen molar-refractivity contribution >= 4 is 17.8 Å². The molecule has 1 aliphatic rings. The van der Waals surface area contributed by atoms with Crippen LogP contribution in [0.3, 0.4) is 0 Å². The van der Waals surface area contributed by atoms with E-state index in [-0.39, 0.29) is 12.4 Å². The van der Waals surface area contributed by atoms with Crippen LogP contribution >= 0.6 is 0 Å². The molecule has 1 atom stereocenters. The van der Waals surface area contributed by atoms with Crippen molar-refractivity contribution in [2.75, 3.05) is 13.7 Å². The molecule has 1 unspecified atom stereocenters. The van der Waals surface area contributed by atoms with E-state index < -0.39 is 18.1 Å². The molecule has 1 fully saturated rings. The molecule has 6 heteroatoms. The van der Waals surface area contributed by atoms with Gasteiger partial charge in [0.15, 0.2) is 5.78 Å². The quantitative estimate of drug-likeness (QED) is 0.598. The molecule has 0 spiro atoms. The highest BCUT2D eigenvalue weighted by Gasteiger charge is 2.35. The number of rotatable bonds is 5. The number of carbonyl (C=O) groups is 3. The average Bonchev–Trinajstić information content (AvgIpc) is 3.21. The molecule has 3 rings (SSSR count). The van der Waals surface area contributed by atoms with Crippen LogP contribution in [0, 0.1) is 0 Å². The lowest BCUT2D eigenvalue weighted by atomic mass is 10.0. The normalized spacial score (nSPS) is 16.0. The van der Waals surface area contributed by atoms with Gasteiger partial charge in [-0.1, -0.05) is 42.5 Å². The van der Waals surface area contributed by atoms with Gasteiger partial charge in [-0.15, -0.1) is 0 Å². The standard InChI is InChI=1S/C21H21NO5/c1-26-20(24)17-11-9-16(10-12-17)19(23)18-8-5-13-22(18)21(25)27-14-15-6-3-2-4-7-15/h2-4,6-7,9-12,18H,5,8,13-14H2,1H3. The van der Waals surface area contributed by atoms with Crippen LogP contribution in [0.25, 0.3) is 0 Å². The van der Waals surface area contributed by atoms with Crippen molar-refractivity contribution < 1.29 is 23.9 Å². The number of hydrogen-bond donors (Lipinski definition) is 0. The SMILES string of the molecule is COC(=O)c1ccc(C(=O)C2CCCN2C(=O)OCc2ccccc2)cc1. The molecule has 0 radical (unpaired) electrons. The van der Waals surface area contributed by atoms with Gasteiger partial charge in [-0.2, -0.15) is 0 Å². The highest BCUT2D eigenvalue weighted by atomic mass is 16.6. The van der Waals surface area contributed by atoms with E-state index in [1.54, 1.807) is 24.3 Å². The fourth-order valence-electron chi connectivity index (χ4n) is 3.14. The largest absolute Gasteiger partial charge is 0.465 e. The summed E-state index contributed by atoms with van der Waals surface area (Å²) in [5.41, 5.74) is 1.72. The summed E-state index contributed by atoms with van der Waals surface area (Å²) in [4.78, 5) is 38.2. The predicted molar refractivity (Wildman–Crippen MR) is 98.5 cm³/mol. The molecule has 1 amide bonds. The molecule has 0 aliphatic carbocycles. The monoisotopic (exact) mass is 367 g/mol. The number of methoxy groups -OCH3 is 1. The van der Waals surface area contributed by atoms with Crippen molar-refractivity contribution in [2.45, 2.75) is 25.5 Å². The number of esters is 1. The summed E-state index contributed by atoms with van der Waals surface area (Å²) >= 11 is 0. The fourth-order valence-corrected chi connectivity index (χ4v) is 3.14. The second-order valence-electron chi connectivity index (χ2n) is 6.32. The smallest absolute Gasteiger partial charge is 0.410 e. The second-order valence-corrected chi connectivity index (χ2v) is 6.32. The third kappa shape index (κ3) is 4.34. The molecule has 0 bridgehead atoms. The number of hydrogen-bond acceptors (Lipinski definition) is 5. The van der Waals surface area contributed by atoms with E-state index in [4.69, 9.17) is 4.74 Å². The molecular formula is C21H21NO5. The maximum atomic E-state index is 12.8. The highest BCUT2D eigenvalue weighted by Crippen LogP contribution is 2.23. The van der Waals surface area contributed by atoms with Crippen LogP contribution in [-0.4, -0.2) is 42.4 Å². The number of nitrogens with zero attached hydrogens (tertiary/aromatic N) is 1. The van der Waals surface area contributed by atoms with Crippen LogP contribution in [0.5, 0.6) is 0 Å². The fraction of sp³-hybridized carbons (Fsp3) is 0.286. The van der Waals surface area contributed by atoms with Crippen molar-refractivity contribution in [3.8, 4) is 0 Å². The summed E-state index contributed by atoms with van der Waals surface area (Å²) in [6, 6.07) is 15.1. The summed E-state index contributed by atoms with van der Waals surface area (Å²) in [6.07, 6.45) is 0.857. The Morgan fingerprint density at radius 3 is 2.33 bits per heavy atom. The topological polar surface area (TPSA) is 72.9 Å². The molecule has 0 saturated carbocycles. The molecule has 1 saturated heterocycles. The number of ketones is 1. The number of likely N-dealkylation sites (tertiary alicyclic amines) is 1. The van der Waals surface area contributed by atoms with Gasteiger partial charge in [-0.25, -0.2) is 9.59 Å². The van der Waals surface area contributed by atoms with Gasteiger partial charge in [-0.05, 0) is 30.5 Å². The Bertz CT molecular complexity index is 816. The van der Waals surface area contributed by atoms with Crippen LogP contribution in [0.2, 0.25) is 0 Å². The minimum absolute atomic E-state index is 0.152. The molecule has 0 N–H and O–H groups in total. The Labute approximate surface area is 157 Å². The Kier molecular flexibility index (Phi) is 5.86. The predicted octanol–water partition coefficient (Wildman–Crippen LogP) is 3.46. The van der Waals surface area contributed by atoms with Gasteiger partial charge in [0.25, 0.3) is 0 Å². The van der Waals surface area contributed by atoms with E-state index in [1.165, 1.54) is 12.0 Å². The van der Waals surface area contributed by atoms with E-state index in [1.807, 2.05) is 30.3 Å². The highest BCUT2D eigenvalue weighted by molar-refractivity contribution is 6.02. The first-order chi connectivity index (χ1) is 13.1. The number of amides is 1. The molecule has 2 aromatic carbocycles. The summed E-state index contributed by atoms with van der Waals surface area (Å²) in [6.45, 7) is 0.662. The van der Waals surface area contributed by atoms with Gasteiger partial charge in [0.05, 0.1) is 18.7 Å². The second kappa shape index (κ2) is 8.49. The number of Topliss-reactive ketones (excluding diaryl/α,β-unsaturated/α-hetero) is 1. The van der Waals surface area contributed by atoms with Crippen LogP contribution in [0.4, 0.5) is 4.79 Å². The maximum Gasteiger partial charge on any atom is 0.410 e. The molecule has 140 valence electrons. The minimum atomic E-state index is -0.544. The van der Waals surface area contributed by atoms with E-state index in [9.17, 15) is 14.4 Å². The third-order valence-corrected chi connectivity index (χ3v) is 4.59. The number of carbonyl (C=O) groups excluding carboxylic acids is 3. The van der Waals surface area contributed by atoms with Gasteiger partial charge in [-0.3, -0.25) is 9.69 Å². The van der Waals surface area contributed by atoms with Gasteiger partial charge in [0, 0.05) is 12.1 Å². The Morgan fingerprint density at radius 1 is 1.00 bits per heavy atom. The first kappa shape index (κ1) is 18.6. The lowest BCUT2D eigenvalue weighted by Crippen LogP contribution is -2.40. The Morgan fingerprint density at radius 2 is 1.67 bits per heavy atom. The summed E-state index contributed by atoms with van der Waals surface area (Å²) < 4.78 is 10.0. The summed E-state index contributed by atoms with van der Waals surface area (Å²) in [5, 5.41) is 0. The lowest BCUT2D eigenvalue weighted by molar-refractivity contribution is 0.0600. The molecular weight excluding hydrogens is 346 g/mol. The molecule has 27 heavy (non-hydrogen) atoms. The van der Waals surface area contributed by atoms with Gasteiger partial charge in [0.1, 0.15) is 6.61 Å². The van der Waals surface area contributed by atoms with Crippen LogP contribution in [0.1, 0.15) is 39.1 Å².